The van der Waals surface area contributed by atoms with Gasteiger partial charge in [0.15, 0.2) is 0 Å². The lowest BCUT2D eigenvalue weighted by Crippen LogP contribution is -2.45. The van der Waals surface area contributed by atoms with E-state index in [1.165, 1.54) is 0 Å². The third kappa shape index (κ3) is 7.43. The predicted molar refractivity (Wildman–Crippen MR) is 147 cm³/mol. The number of fused-ring (bicyclic) bond motifs is 1. The van der Waals surface area contributed by atoms with Crippen LogP contribution in [-0.2, 0) is 4.79 Å². The summed E-state index contributed by atoms with van der Waals surface area (Å²) in [5.41, 5.74) is -3.97. The van der Waals surface area contributed by atoms with E-state index in [4.69, 9.17) is 4.52 Å². The Morgan fingerprint density at radius 2 is 1.92 bits per heavy atom. The first-order valence-electron chi connectivity index (χ1n) is 13.0. The number of hydrogen-bond donors (Lipinski definition) is 3. The molecule has 0 bridgehead atoms. The first kappa shape index (κ1) is 29.6. The number of hydrogen-bond acceptors (Lipinski definition) is 8. The van der Waals surface area contributed by atoms with Crippen molar-refractivity contribution < 1.29 is 26.9 Å². The van der Waals surface area contributed by atoms with Crippen molar-refractivity contribution in [3.8, 4) is 10.7 Å². The summed E-state index contributed by atoms with van der Waals surface area (Å²) in [6.45, 7) is 9.84. The Morgan fingerprint density at radius 1 is 1.18 bits per heavy atom. The van der Waals surface area contributed by atoms with Gasteiger partial charge >= 0.3 is 5.51 Å². The standard InChI is InChI=1S/C20H19F4N5O2S2.C6H14/c21-10-8-25-7-6-11(10)26-12-3-1-2-9-15(12)32-17(16(9)33-20(22,23)24)18-28-19(31-29-18)13-4-5-14(30)27-13;1-5(2)6(3)4/h1-3,10-11,13,25-26H,4-8H2,(H,27,30);5-6H,1-4H3. The van der Waals surface area contributed by atoms with Gasteiger partial charge in [-0.25, -0.2) is 4.39 Å². The van der Waals surface area contributed by atoms with E-state index >= 15 is 0 Å². The van der Waals surface area contributed by atoms with Gasteiger partial charge in [0.2, 0.25) is 17.6 Å². The second kappa shape index (κ2) is 12.4. The van der Waals surface area contributed by atoms with Gasteiger partial charge in [-0.05, 0) is 49.1 Å². The maximum Gasteiger partial charge on any atom is 0.446 e. The van der Waals surface area contributed by atoms with Crippen LogP contribution in [-0.4, -0.2) is 46.9 Å². The lowest BCUT2D eigenvalue weighted by Gasteiger charge is -2.28. The van der Waals surface area contributed by atoms with E-state index in [2.05, 4.69) is 53.8 Å². The largest absolute Gasteiger partial charge is 0.446 e. The highest BCUT2D eigenvalue weighted by atomic mass is 32.2. The van der Waals surface area contributed by atoms with E-state index in [-0.39, 0.29) is 45.7 Å². The van der Waals surface area contributed by atoms with E-state index in [9.17, 15) is 22.4 Å². The number of nitrogens with zero attached hydrogens (tertiary/aromatic N) is 2. The number of benzene rings is 1. The Bertz CT molecular complexity index is 1270. The zero-order chi connectivity index (χ0) is 28.3. The minimum atomic E-state index is -4.53. The number of alkyl halides is 4. The number of thiophene rings is 1. The highest BCUT2D eigenvalue weighted by Crippen LogP contribution is 2.50. The van der Waals surface area contributed by atoms with Crippen LogP contribution in [0.4, 0.5) is 23.2 Å². The van der Waals surface area contributed by atoms with Crippen LogP contribution in [0.2, 0.25) is 0 Å². The fraction of sp³-hybridized carbons (Fsp3) is 0.577. The molecular formula is C26H33F4N5O2S2. The molecule has 2 aromatic heterocycles. The number of piperidine rings is 1. The van der Waals surface area contributed by atoms with Gasteiger partial charge in [-0.1, -0.05) is 45.0 Å². The van der Waals surface area contributed by atoms with Gasteiger partial charge in [-0.15, -0.1) is 11.3 Å². The van der Waals surface area contributed by atoms with Gasteiger partial charge in [0.25, 0.3) is 0 Å². The van der Waals surface area contributed by atoms with Crippen LogP contribution in [0.15, 0.2) is 27.6 Å². The fourth-order valence-corrected chi connectivity index (χ4v) is 6.13. The zero-order valence-corrected chi connectivity index (χ0v) is 23.8. The third-order valence-electron chi connectivity index (χ3n) is 6.91. The topological polar surface area (TPSA) is 92.1 Å². The van der Waals surface area contributed by atoms with Crippen molar-refractivity contribution >= 4 is 44.8 Å². The third-order valence-corrected chi connectivity index (χ3v) is 9.13. The molecule has 4 heterocycles. The van der Waals surface area contributed by atoms with Gasteiger partial charge in [0, 0.05) is 23.2 Å². The molecule has 7 nitrogen and oxygen atoms in total. The van der Waals surface area contributed by atoms with Crippen LogP contribution in [0.1, 0.15) is 58.9 Å². The molecule has 3 N–H and O–H groups in total. The summed E-state index contributed by atoms with van der Waals surface area (Å²) in [6, 6.07) is 4.08. The van der Waals surface area contributed by atoms with Crippen LogP contribution in [0, 0.1) is 11.8 Å². The van der Waals surface area contributed by atoms with Crippen molar-refractivity contribution in [2.75, 3.05) is 18.4 Å². The molecule has 3 aromatic rings. The summed E-state index contributed by atoms with van der Waals surface area (Å²) in [7, 11) is 0. The molecule has 2 aliphatic heterocycles. The number of rotatable bonds is 6. The Kier molecular flexibility index (Phi) is 9.43. The van der Waals surface area contributed by atoms with Crippen LogP contribution in [0.25, 0.3) is 20.8 Å². The molecule has 13 heteroatoms. The summed E-state index contributed by atoms with van der Waals surface area (Å²) in [4.78, 5) is 16.0. The average Bonchev–Trinajstić information content (AvgIpc) is 3.59. The summed E-state index contributed by atoms with van der Waals surface area (Å²) >= 11 is 0.860. The molecule has 2 fully saturated rings. The molecule has 3 unspecified atom stereocenters. The molecule has 0 aliphatic carbocycles. The Balaban J connectivity index is 0.000000531. The number of amides is 1. The highest BCUT2D eigenvalue weighted by Gasteiger charge is 2.35. The molecule has 3 atom stereocenters. The molecular weight excluding hydrogens is 554 g/mol. The maximum absolute atomic E-state index is 14.3. The monoisotopic (exact) mass is 587 g/mol. The van der Waals surface area contributed by atoms with E-state index in [0.717, 1.165) is 23.2 Å². The normalized spacial score (nSPS) is 21.8. The minimum Gasteiger partial charge on any atom is -0.378 e. The molecule has 0 spiro atoms. The SMILES string of the molecule is CC(C)C(C)C.O=C1CCC(c2nc(-c3sc4c(NC5CCNCC5F)cccc4c3SC(F)(F)F)no2)N1. The molecule has 39 heavy (non-hydrogen) atoms. The number of carbonyl (C=O) groups excluding carboxylic acids is 1. The van der Waals surface area contributed by atoms with E-state index in [1.807, 2.05) is 0 Å². The van der Waals surface area contributed by atoms with Gasteiger partial charge in [0.05, 0.1) is 21.3 Å². The quantitative estimate of drug-likeness (QED) is 0.213. The van der Waals surface area contributed by atoms with E-state index in [1.54, 1.807) is 18.2 Å². The van der Waals surface area contributed by atoms with Gasteiger partial charge < -0.3 is 20.5 Å². The molecule has 1 aromatic carbocycles. The van der Waals surface area contributed by atoms with Crippen molar-refractivity contribution in [3.05, 3.63) is 24.1 Å². The summed E-state index contributed by atoms with van der Waals surface area (Å²) in [6.07, 6.45) is 0.244. The molecule has 0 saturated carbocycles. The number of halogens is 4. The van der Waals surface area contributed by atoms with E-state index in [0.29, 0.717) is 41.6 Å². The van der Waals surface area contributed by atoms with Crippen molar-refractivity contribution in [2.24, 2.45) is 11.8 Å². The first-order valence-corrected chi connectivity index (χ1v) is 14.6. The lowest BCUT2D eigenvalue weighted by atomic mass is 10.0. The second-order valence-electron chi connectivity index (χ2n) is 10.4. The zero-order valence-electron chi connectivity index (χ0n) is 22.2. The second-order valence-corrected chi connectivity index (χ2v) is 12.4. The van der Waals surface area contributed by atoms with Gasteiger partial charge in [-0.2, -0.15) is 18.2 Å². The smallest absolute Gasteiger partial charge is 0.378 e. The number of nitrogens with one attached hydrogen (secondary N) is 3. The number of aromatic nitrogens is 2. The summed E-state index contributed by atoms with van der Waals surface area (Å²) in [5.74, 6) is 1.74. The summed E-state index contributed by atoms with van der Waals surface area (Å²) < 4.78 is 60.5. The number of anilines is 1. The lowest BCUT2D eigenvalue weighted by molar-refractivity contribution is -0.119. The fourth-order valence-electron chi connectivity index (χ4n) is 4.03. The molecule has 2 saturated heterocycles. The Labute approximate surface area is 232 Å². The van der Waals surface area contributed by atoms with Crippen molar-refractivity contribution in [1.82, 2.24) is 20.8 Å². The van der Waals surface area contributed by atoms with Crippen LogP contribution in [0.5, 0.6) is 0 Å². The maximum atomic E-state index is 14.3. The molecule has 5 rings (SSSR count). The van der Waals surface area contributed by atoms with Gasteiger partial charge in [0.1, 0.15) is 12.2 Å². The van der Waals surface area contributed by atoms with Crippen LogP contribution in [0.3, 0.4) is 0 Å². The van der Waals surface area contributed by atoms with E-state index < -0.39 is 23.8 Å². The van der Waals surface area contributed by atoms with Crippen molar-refractivity contribution in [3.63, 3.8) is 0 Å². The Hall–Kier alpha value is -2.38. The Morgan fingerprint density at radius 3 is 2.54 bits per heavy atom. The molecule has 214 valence electrons. The van der Waals surface area contributed by atoms with Gasteiger partial charge in [-0.3, -0.25) is 4.79 Å². The number of carbonyl (C=O) groups is 1. The van der Waals surface area contributed by atoms with Crippen molar-refractivity contribution in [1.29, 1.82) is 0 Å². The highest BCUT2D eigenvalue weighted by molar-refractivity contribution is 8.00. The van der Waals surface area contributed by atoms with Crippen LogP contribution >= 0.6 is 23.1 Å². The predicted octanol–water partition coefficient (Wildman–Crippen LogP) is 6.92. The first-order chi connectivity index (χ1) is 18.4. The molecule has 0 radical (unpaired) electrons. The molecule has 2 aliphatic rings. The number of thioether (sulfide) groups is 1. The summed E-state index contributed by atoms with van der Waals surface area (Å²) in [5, 5.41) is 13.1. The average molecular weight is 588 g/mol. The van der Waals surface area contributed by atoms with Crippen molar-refractivity contribution in [2.45, 2.75) is 75.6 Å². The van der Waals surface area contributed by atoms with Crippen LogP contribution < -0.4 is 16.0 Å². The molecule has 1 amide bonds. The minimum absolute atomic E-state index is 0.0234.